The third-order valence-electron chi connectivity index (χ3n) is 2.87. The molecule has 0 saturated heterocycles. The zero-order valence-electron chi connectivity index (χ0n) is 11.2. The van der Waals surface area contributed by atoms with Gasteiger partial charge in [-0.15, -0.1) is 0 Å². The summed E-state index contributed by atoms with van der Waals surface area (Å²) in [6, 6.07) is 7.52. The van der Waals surface area contributed by atoms with Crippen LogP contribution in [0.1, 0.15) is 31.7 Å². The maximum Gasteiger partial charge on any atom is 0.306 e. The first kappa shape index (κ1) is 14.5. The summed E-state index contributed by atoms with van der Waals surface area (Å²) in [5, 5.41) is 0. The molecule has 4 heteroatoms. The molecular formula is C14H21NO3. The van der Waals surface area contributed by atoms with E-state index in [1.807, 2.05) is 38.1 Å². The van der Waals surface area contributed by atoms with Gasteiger partial charge in [-0.2, -0.15) is 0 Å². The zero-order valence-corrected chi connectivity index (χ0v) is 11.2. The number of nitrogens with two attached hydrogens (primary N) is 1. The molecule has 2 N–H and O–H groups in total. The summed E-state index contributed by atoms with van der Waals surface area (Å²) in [5.74, 6) is 0.426. The quantitative estimate of drug-likeness (QED) is 0.786. The van der Waals surface area contributed by atoms with Gasteiger partial charge in [0, 0.05) is 12.0 Å². The average Bonchev–Trinajstić information content (AvgIpc) is 2.36. The summed E-state index contributed by atoms with van der Waals surface area (Å²) in [6.07, 6.45) is 0.262. The summed E-state index contributed by atoms with van der Waals surface area (Å²) in [7, 11) is 1.38. The van der Waals surface area contributed by atoms with Crippen molar-refractivity contribution < 1.29 is 14.3 Å². The predicted octanol–water partition coefficient (Wildman–Crippen LogP) is 2.08. The topological polar surface area (TPSA) is 61.5 Å². The van der Waals surface area contributed by atoms with Gasteiger partial charge in [-0.1, -0.05) is 18.2 Å². The molecule has 1 aromatic carbocycles. The van der Waals surface area contributed by atoms with E-state index >= 15 is 0 Å². The molecule has 0 radical (unpaired) electrons. The molecule has 1 rings (SSSR count). The Kier molecular flexibility index (Phi) is 5.65. The number of benzene rings is 1. The van der Waals surface area contributed by atoms with Crippen LogP contribution in [0.2, 0.25) is 0 Å². The van der Waals surface area contributed by atoms with Gasteiger partial charge in [0.2, 0.25) is 0 Å². The molecule has 0 aliphatic rings. The van der Waals surface area contributed by atoms with E-state index < -0.39 is 0 Å². The smallest absolute Gasteiger partial charge is 0.306 e. The van der Waals surface area contributed by atoms with Crippen LogP contribution in [-0.2, 0) is 9.53 Å². The first-order chi connectivity index (χ1) is 8.60. The van der Waals surface area contributed by atoms with E-state index in [1.54, 1.807) is 0 Å². The molecule has 2 unspecified atom stereocenters. The van der Waals surface area contributed by atoms with Crippen LogP contribution in [-0.4, -0.2) is 25.7 Å². The molecule has 0 amide bonds. The molecule has 1 aromatic rings. The van der Waals surface area contributed by atoms with Gasteiger partial charge in [-0.3, -0.25) is 4.79 Å². The fourth-order valence-corrected chi connectivity index (χ4v) is 1.92. The van der Waals surface area contributed by atoms with Crippen LogP contribution in [0.5, 0.6) is 5.75 Å². The van der Waals surface area contributed by atoms with Crippen molar-refractivity contribution in [2.45, 2.75) is 32.2 Å². The maximum absolute atomic E-state index is 11.5. The normalized spacial score (nSPS) is 13.8. The van der Waals surface area contributed by atoms with Crippen molar-refractivity contribution >= 4 is 5.97 Å². The molecule has 0 heterocycles. The van der Waals surface area contributed by atoms with E-state index in [0.29, 0.717) is 6.61 Å². The molecular weight excluding hydrogens is 230 g/mol. The molecule has 100 valence electrons. The van der Waals surface area contributed by atoms with Gasteiger partial charge < -0.3 is 15.2 Å². The van der Waals surface area contributed by atoms with Gasteiger partial charge >= 0.3 is 5.97 Å². The largest absolute Gasteiger partial charge is 0.494 e. The van der Waals surface area contributed by atoms with Crippen LogP contribution < -0.4 is 10.5 Å². The van der Waals surface area contributed by atoms with Crippen molar-refractivity contribution in [1.82, 2.24) is 0 Å². The molecule has 0 bridgehead atoms. The van der Waals surface area contributed by atoms with E-state index in [4.69, 9.17) is 15.2 Å². The number of rotatable bonds is 6. The van der Waals surface area contributed by atoms with E-state index in [-0.39, 0.29) is 24.3 Å². The third-order valence-corrected chi connectivity index (χ3v) is 2.87. The molecule has 0 aromatic heterocycles. The number of hydrogen-bond donors (Lipinski definition) is 1. The van der Waals surface area contributed by atoms with Gasteiger partial charge in [0.05, 0.1) is 20.1 Å². The SMILES string of the molecule is CCOc1ccccc1C(CC(=O)OC)C(C)N. The van der Waals surface area contributed by atoms with Crippen LogP contribution in [0.3, 0.4) is 0 Å². The van der Waals surface area contributed by atoms with Crippen LogP contribution in [0.25, 0.3) is 0 Å². The van der Waals surface area contributed by atoms with Crippen molar-refractivity contribution in [1.29, 1.82) is 0 Å². The summed E-state index contributed by atoms with van der Waals surface area (Å²) >= 11 is 0. The minimum atomic E-state index is -0.261. The Morgan fingerprint density at radius 2 is 2.06 bits per heavy atom. The number of hydrogen-bond acceptors (Lipinski definition) is 4. The van der Waals surface area contributed by atoms with Crippen LogP contribution in [0.4, 0.5) is 0 Å². The highest BCUT2D eigenvalue weighted by Gasteiger charge is 2.23. The van der Waals surface area contributed by atoms with Gasteiger partial charge in [-0.25, -0.2) is 0 Å². The lowest BCUT2D eigenvalue weighted by molar-refractivity contribution is -0.141. The molecule has 2 atom stereocenters. The van der Waals surface area contributed by atoms with Crippen LogP contribution >= 0.6 is 0 Å². The van der Waals surface area contributed by atoms with Crippen LogP contribution in [0, 0.1) is 0 Å². The fraction of sp³-hybridized carbons (Fsp3) is 0.500. The number of ether oxygens (including phenoxy) is 2. The summed E-state index contributed by atoms with van der Waals surface area (Å²) in [4.78, 5) is 11.5. The van der Waals surface area contributed by atoms with Crippen LogP contribution in [0.15, 0.2) is 24.3 Å². The van der Waals surface area contributed by atoms with Gasteiger partial charge in [0.25, 0.3) is 0 Å². The number of methoxy groups -OCH3 is 1. The standard InChI is InChI=1S/C14H21NO3/c1-4-18-13-8-6-5-7-11(13)12(10(2)15)9-14(16)17-3/h5-8,10,12H,4,9,15H2,1-3H3. The van der Waals surface area contributed by atoms with Crippen molar-refractivity contribution in [2.24, 2.45) is 5.73 Å². The molecule has 0 spiro atoms. The van der Waals surface area contributed by atoms with Crippen molar-refractivity contribution in [3.63, 3.8) is 0 Å². The summed E-state index contributed by atoms with van der Waals surface area (Å²) < 4.78 is 10.3. The fourth-order valence-electron chi connectivity index (χ4n) is 1.92. The highest BCUT2D eigenvalue weighted by Crippen LogP contribution is 2.31. The number of carbonyl (C=O) groups excluding carboxylic acids is 1. The molecule has 0 aliphatic carbocycles. The van der Waals surface area contributed by atoms with Gasteiger partial charge in [0.1, 0.15) is 5.75 Å². The minimum Gasteiger partial charge on any atom is -0.494 e. The Morgan fingerprint density at radius 3 is 2.61 bits per heavy atom. The maximum atomic E-state index is 11.5. The highest BCUT2D eigenvalue weighted by molar-refractivity contribution is 5.70. The molecule has 4 nitrogen and oxygen atoms in total. The second-order valence-electron chi connectivity index (χ2n) is 4.22. The molecule has 0 saturated carbocycles. The third kappa shape index (κ3) is 3.74. The Hall–Kier alpha value is -1.55. The second-order valence-corrected chi connectivity index (χ2v) is 4.22. The Morgan fingerprint density at radius 1 is 1.39 bits per heavy atom. The lowest BCUT2D eigenvalue weighted by atomic mass is 9.89. The first-order valence-corrected chi connectivity index (χ1v) is 6.14. The molecule has 0 fully saturated rings. The zero-order chi connectivity index (χ0) is 13.5. The monoisotopic (exact) mass is 251 g/mol. The van der Waals surface area contributed by atoms with Crippen molar-refractivity contribution in [2.75, 3.05) is 13.7 Å². The second kappa shape index (κ2) is 7.01. The Balaban J connectivity index is 3.01. The Labute approximate surface area is 108 Å². The number of esters is 1. The molecule has 18 heavy (non-hydrogen) atoms. The highest BCUT2D eigenvalue weighted by atomic mass is 16.5. The summed E-state index contributed by atoms with van der Waals surface area (Å²) in [6.45, 7) is 4.40. The van der Waals surface area contributed by atoms with Gasteiger partial charge in [-0.05, 0) is 25.5 Å². The number of para-hydroxylation sites is 1. The van der Waals surface area contributed by atoms with Gasteiger partial charge in [0.15, 0.2) is 0 Å². The average molecular weight is 251 g/mol. The van der Waals surface area contributed by atoms with E-state index in [9.17, 15) is 4.79 Å². The molecule has 0 aliphatic heterocycles. The van der Waals surface area contributed by atoms with Crippen molar-refractivity contribution in [3.05, 3.63) is 29.8 Å². The lowest BCUT2D eigenvalue weighted by Crippen LogP contribution is -2.27. The van der Waals surface area contributed by atoms with E-state index in [2.05, 4.69) is 0 Å². The predicted molar refractivity (Wildman–Crippen MR) is 70.6 cm³/mol. The lowest BCUT2D eigenvalue weighted by Gasteiger charge is -2.22. The summed E-state index contributed by atoms with van der Waals surface area (Å²) in [5.41, 5.74) is 6.93. The van der Waals surface area contributed by atoms with E-state index in [0.717, 1.165) is 11.3 Å². The van der Waals surface area contributed by atoms with Crippen molar-refractivity contribution in [3.8, 4) is 5.75 Å². The Bertz CT molecular complexity index is 390. The first-order valence-electron chi connectivity index (χ1n) is 6.14. The van der Waals surface area contributed by atoms with E-state index in [1.165, 1.54) is 7.11 Å². The minimum absolute atomic E-state index is 0.0970. The number of carbonyl (C=O) groups is 1.